The molecule has 3 aromatic rings. The Morgan fingerprint density at radius 3 is 2.68 bits per heavy atom. The minimum atomic E-state index is -0.294. The second kappa shape index (κ2) is 10.2. The summed E-state index contributed by atoms with van der Waals surface area (Å²) >= 11 is 0. The molecule has 1 aliphatic heterocycles. The van der Waals surface area contributed by atoms with Gasteiger partial charge in [0.15, 0.2) is 0 Å². The predicted molar refractivity (Wildman–Crippen MR) is 130 cm³/mol. The highest BCUT2D eigenvalue weighted by Crippen LogP contribution is 2.33. The molecular formula is C24H31FN8O. The summed E-state index contributed by atoms with van der Waals surface area (Å²) in [5.74, 6) is 1.51. The highest BCUT2D eigenvalue weighted by atomic mass is 19.1. The Balaban J connectivity index is 1.57. The maximum Gasteiger partial charge on any atom is 0.258 e. The number of nitrogens with two attached hydrogens (primary N) is 1. The molecule has 34 heavy (non-hydrogen) atoms. The number of hydrogen-bond donors (Lipinski definition) is 3. The molecule has 10 heteroatoms. The van der Waals surface area contributed by atoms with Crippen LogP contribution in [0.2, 0.25) is 0 Å². The van der Waals surface area contributed by atoms with Crippen molar-refractivity contribution >= 4 is 17.5 Å². The molecule has 0 saturated carbocycles. The summed E-state index contributed by atoms with van der Waals surface area (Å²) in [4.78, 5) is 27.8. The largest absolute Gasteiger partial charge is 0.383 e. The molecule has 0 bridgehead atoms. The van der Waals surface area contributed by atoms with E-state index in [0.717, 1.165) is 56.1 Å². The molecule has 0 radical (unpaired) electrons. The van der Waals surface area contributed by atoms with Crippen molar-refractivity contribution in [2.45, 2.75) is 32.2 Å². The summed E-state index contributed by atoms with van der Waals surface area (Å²) in [7, 11) is 3.49. The van der Waals surface area contributed by atoms with Crippen molar-refractivity contribution in [3.05, 3.63) is 53.5 Å². The number of carbonyl (C=O) groups is 1. The Labute approximate surface area is 198 Å². The summed E-state index contributed by atoms with van der Waals surface area (Å²) in [6.45, 7) is 4.81. The molecule has 1 fully saturated rings. The Morgan fingerprint density at radius 1 is 1.24 bits per heavy atom. The monoisotopic (exact) mass is 466 g/mol. The fourth-order valence-corrected chi connectivity index (χ4v) is 4.43. The minimum Gasteiger partial charge on any atom is -0.383 e. The van der Waals surface area contributed by atoms with Crippen molar-refractivity contribution in [2.24, 2.45) is 0 Å². The van der Waals surface area contributed by atoms with E-state index in [1.165, 1.54) is 12.4 Å². The van der Waals surface area contributed by atoms with E-state index in [1.807, 2.05) is 13.1 Å². The predicted octanol–water partition coefficient (Wildman–Crippen LogP) is 2.33. The Hall–Kier alpha value is -3.53. The minimum absolute atomic E-state index is 0.174. The van der Waals surface area contributed by atoms with Crippen LogP contribution >= 0.6 is 0 Å². The number of aryl methyl sites for hydroxylation is 1. The molecular weight excluding hydrogens is 435 g/mol. The van der Waals surface area contributed by atoms with Crippen molar-refractivity contribution in [2.75, 3.05) is 44.4 Å². The molecule has 4 rings (SSSR count). The number of imidazole rings is 1. The zero-order valence-electron chi connectivity index (χ0n) is 19.8. The summed E-state index contributed by atoms with van der Waals surface area (Å²) in [6, 6.07) is 5.11. The number of benzene rings is 1. The number of anilines is 2. The SMILES string of the molecule is CNCCn1cc(-c2ccc(F)c(C)c2)nc1C1CCN(c2ncnc(N)c2C(=O)NC)CC1. The Morgan fingerprint density at radius 2 is 2.00 bits per heavy atom. The molecule has 2 aromatic heterocycles. The first kappa shape index (κ1) is 23.6. The van der Waals surface area contributed by atoms with Crippen LogP contribution in [0.1, 0.15) is 40.5 Å². The van der Waals surface area contributed by atoms with Crippen molar-refractivity contribution in [1.29, 1.82) is 0 Å². The Bertz CT molecular complexity index is 1170. The third kappa shape index (κ3) is 4.72. The van der Waals surface area contributed by atoms with Gasteiger partial charge >= 0.3 is 0 Å². The molecule has 0 spiro atoms. The standard InChI is InChI=1S/C24H31FN8O/c1-15-12-17(4-5-18(15)25)19-13-33(11-8-27-2)22(31-19)16-6-9-32(10-7-16)23-20(24(34)28-3)21(26)29-14-30-23/h4-5,12-14,16,27H,6-11H2,1-3H3,(H,28,34)(H2,26,29,30). The summed E-state index contributed by atoms with van der Waals surface area (Å²) in [5, 5.41) is 5.82. The number of nitrogens with zero attached hydrogens (tertiary/aromatic N) is 5. The lowest BCUT2D eigenvalue weighted by atomic mass is 9.95. The van der Waals surface area contributed by atoms with Crippen molar-refractivity contribution in [1.82, 2.24) is 30.2 Å². The highest BCUT2D eigenvalue weighted by Gasteiger charge is 2.29. The maximum atomic E-state index is 13.8. The van der Waals surface area contributed by atoms with Gasteiger partial charge in [0.1, 0.15) is 35.2 Å². The van der Waals surface area contributed by atoms with Crippen LogP contribution in [-0.4, -0.2) is 59.2 Å². The van der Waals surface area contributed by atoms with Gasteiger partial charge in [-0.05, 0) is 50.6 Å². The smallest absolute Gasteiger partial charge is 0.258 e. The second-order valence-electron chi connectivity index (χ2n) is 8.54. The third-order valence-electron chi connectivity index (χ3n) is 6.33. The number of aromatic nitrogens is 4. The maximum absolute atomic E-state index is 13.8. The second-order valence-corrected chi connectivity index (χ2v) is 8.54. The number of amides is 1. The van der Waals surface area contributed by atoms with Gasteiger partial charge in [0, 0.05) is 50.9 Å². The average molecular weight is 467 g/mol. The van der Waals surface area contributed by atoms with E-state index in [-0.39, 0.29) is 23.5 Å². The molecule has 0 unspecified atom stereocenters. The van der Waals surface area contributed by atoms with Crippen LogP contribution < -0.4 is 21.3 Å². The number of nitrogen functional groups attached to an aromatic ring is 1. The van der Waals surface area contributed by atoms with Crippen LogP contribution in [0.15, 0.2) is 30.7 Å². The number of halogens is 1. The van der Waals surface area contributed by atoms with Crippen molar-refractivity contribution in [3.8, 4) is 11.3 Å². The van der Waals surface area contributed by atoms with Crippen LogP contribution in [-0.2, 0) is 6.54 Å². The third-order valence-corrected chi connectivity index (χ3v) is 6.33. The molecule has 1 aliphatic rings. The first-order chi connectivity index (χ1) is 16.4. The van der Waals surface area contributed by atoms with Crippen LogP contribution in [0.25, 0.3) is 11.3 Å². The number of likely N-dealkylation sites (N-methyl/N-ethyl adjacent to an activating group) is 1. The fraction of sp³-hybridized carbons (Fsp3) is 0.417. The van der Waals surface area contributed by atoms with E-state index >= 15 is 0 Å². The van der Waals surface area contributed by atoms with E-state index < -0.39 is 0 Å². The van der Waals surface area contributed by atoms with Gasteiger partial charge in [-0.3, -0.25) is 4.79 Å². The molecule has 1 amide bonds. The molecule has 1 saturated heterocycles. The number of hydrogen-bond acceptors (Lipinski definition) is 7. The van der Waals surface area contributed by atoms with Gasteiger partial charge in [-0.25, -0.2) is 19.3 Å². The molecule has 4 N–H and O–H groups in total. The number of nitrogens with one attached hydrogen (secondary N) is 2. The molecule has 9 nitrogen and oxygen atoms in total. The summed E-state index contributed by atoms with van der Waals surface area (Å²) < 4.78 is 16.0. The van der Waals surface area contributed by atoms with Crippen LogP contribution in [0.4, 0.5) is 16.0 Å². The highest BCUT2D eigenvalue weighted by molar-refractivity contribution is 6.02. The molecule has 0 atom stereocenters. The Kier molecular flexibility index (Phi) is 7.06. The topological polar surface area (TPSA) is 114 Å². The summed E-state index contributed by atoms with van der Waals surface area (Å²) in [6.07, 6.45) is 5.16. The first-order valence-corrected chi connectivity index (χ1v) is 11.5. The molecule has 180 valence electrons. The zero-order valence-corrected chi connectivity index (χ0v) is 19.8. The summed E-state index contributed by atoms with van der Waals surface area (Å²) in [5.41, 5.74) is 8.66. The van der Waals surface area contributed by atoms with E-state index in [2.05, 4.69) is 36.3 Å². The molecule has 0 aliphatic carbocycles. The van der Waals surface area contributed by atoms with E-state index in [4.69, 9.17) is 10.7 Å². The van der Waals surface area contributed by atoms with Gasteiger partial charge in [0.2, 0.25) is 0 Å². The van der Waals surface area contributed by atoms with Crippen LogP contribution in [0, 0.1) is 12.7 Å². The van der Waals surface area contributed by atoms with Crippen molar-refractivity contribution in [3.63, 3.8) is 0 Å². The van der Waals surface area contributed by atoms with Gasteiger partial charge in [-0.15, -0.1) is 0 Å². The van der Waals surface area contributed by atoms with E-state index in [0.29, 0.717) is 16.9 Å². The van der Waals surface area contributed by atoms with Gasteiger partial charge in [-0.1, -0.05) is 0 Å². The fourth-order valence-electron chi connectivity index (χ4n) is 4.43. The van der Waals surface area contributed by atoms with E-state index in [9.17, 15) is 9.18 Å². The first-order valence-electron chi connectivity index (χ1n) is 11.5. The van der Waals surface area contributed by atoms with Gasteiger partial charge in [-0.2, -0.15) is 0 Å². The molecule has 3 heterocycles. The lowest BCUT2D eigenvalue weighted by Gasteiger charge is -2.33. The number of rotatable bonds is 7. The lowest BCUT2D eigenvalue weighted by molar-refractivity contribution is 0.0963. The number of carbonyl (C=O) groups excluding carboxylic acids is 1. The van der Waals surface area contributed by atoms with Gasteiger partial charge in [0.25, 0.3) is 5.91 Å². The lowest BCUT2D eigenvalue weighted by Crippen LogP contribution is -2.36. The number of piperidine rings is 1. The van der Waals surface area contributed by atoms with Gasteiger partial charge < -0.3 is 25.8 Å². The molecule has 1 aromatic carbocycles. The average Bonchev–Trinajstić information content (AvgIpc) is 3.28. The normalized spacial score (nSPS) is 14.4. The van der Waals surface area contributed by atoms with Gasteiger partial charge in [0.05, 0.1) is 5.69 Å². The van der Waals surface area contributed by atoms with Crippen LogP contribution in [0.5, 0.6) is 0 Å². The van der Waals surface area contributed by atoms with Crippen molar-refractivity contribution < 1.29 is 9.18 Å². The quantitative estimate of drug-likeness (QED) is 0.490. The zero-order chi connectivity index (χ0) is 24.2. The van der Waals surface area contributed by atoms with Crippen LogP contribution in [0.3, 0.4) is 0 Å². The van der Waals surface area contributed by atoms with E-state index in [1.54, 1.807) is 20.0 Å².